The van der Waals surface area contributed by atoms with Crippen molar-refractivity contribution < 1.29 is 22.3 Å². The number of hydrogen-bond donors (Lipinski definition) is 1. The van der Waals surface area contributed by atoms with Crippen LogP contribution in [0.4, 0.5) is 10.2 Å². The van der Waals surface area contributed by atoms with E-state index >= 15 is 0 Å². The topological polar surface area (TPSA) is 80.8 Å². The van der Waals surface area contributed by atoms with E-state index in [4.69, 9.17) is 9.47 Å². The molecule has 1 saturated heterocycles. The van der Waals surface area contributed by atoms with Gasteiger partial charge in [-0.2, -0.15) is 4.39 Å². The van der Waals surface area contributed by atoms with Crippen molar-refractivity contribution in [2.24, 2.45) is 0 Å². The fraction of sp³-hybridized carbons (Fsp3) is 0.500. The number of sulfone groups is 1. The van der Waals surface area contributed by atoms with Crippen LogP contribution in [0.5, 0.6) is 11.5 Å². The van der Waals surface area contributed by atoms with Crippen molar-refractivity contribution in [3.8, 4) is 11.5 Å². The normalized spacial score (nSPS) is 15.6. The molecule has 1 aliphatic rings. The molecular formula is C22H30FN3O4S. The molecule has 0 saturated carbocycles. The van der Waals surface area contributed by atoms with Gasteiger partial charge in [0.2, 0.25) is 5.82 Å². The van der Waals surface area contributed by atoms with Crippen LogP contribution in [0.3, 0.4) is 0 Å². The maximum Gasteiger partial charge on any atom is 0.206 e. The predicted molar refractivity (Wildman–Crippen MR) is 118 cm³/mol. The standard InChI is InChI=1S/C22H30FN3O4S/c1-4-29-19-12-16(13-20(22(19)23)30-5-2)15-26-10-8-17(9-11-26)25-21-7-6-18(14-24-21)31(3,27)28/h6-7,12-14,17H,4-5,8-11,15H2,1-3H3,(H,24,25). The molecule has 2 aromatic rings. The Kier molecular flexibility index (Phi) is 7.72. The van der Waals surface area contributed by atoms with Crippen molar-refractivity contribution in [1.29, 1.82) is 0 Å². The second-order valence-electron chi connectivity index (χ2n) is 7.62. The highest BCUT2D eigenvalue weighted by atomic mass is 32.2. The van der Waals surface area contributed by atoms with Crippen LogP contribution in [0.1, 0.15) is 32.3 Å². The Hall–Kier alpha value is -2.39. The fourth-order valence-corrected chi connectivity index (χ4v) is 4.19. The molecule has 1 aromatic carbocycles. The Morgan fingerprint density at radius 1 is 1.13 bits per heavy atom. The van der Waals surface area contributed by atoms with E-state index in [1.165, 1.54) is 12.5 Å². The minimum absolute atomic E-state index is 0.213. The smallest absolute Gasteiger partial charge is 0.206 e. The van der Waals surface area contributed by atoms with Gasteiger partial charge >= 0.3 is 0 Å². The highest BCUT2D eigenvalue weighted by Gasteiger charge is 2.21. The zero-order valence-electron chi connectivity index (χ0n) is 18.2. The molecule has 170 valence electrons. The number of piperidine rings is 1. The first-order valence-corrected chi connectivity index (χ1v) is 12.4. The molecule has 0 atom stereocenters. The zero-order valence-corrected chi connectivity index (χ0v) is 19.0. The number of anilines is 1. The molecule has 1 aromatic heterocycles. The number of hydrogen-bond acceptors (Lipinski definition) is 7. The van der Waals surface area contributed by atoms with Gasteiger partial charge in [-0.15, -0.1) is 0 Å². The quantitative estimate of drug-likeness (QED) is 0.625. The number of ether oxygens (including phenoxy) is 2. The second kappa shape index (κ2) is 10.3. The van der Waals surface area contributed by atoms with E-state index in [1.807, 2.05) is 13.8 Å². The molecule has 1 aliphatic heterocycles. The summed E-state index contributed by atoms with van der Waals surface area (Å²) in [4.78, 5) is 6.75. The molecule has 9 heteroatoms. The van der Waals surface area contributed by atoms with Crippen LogP contribution in [0.15, 0.2) is 35.4 Å². The third kappa shape index (κ3) is 6.30. The molecule has 0 aliphatic carbocycles. The van der Waals surface area contributed by atoms with E-state index in [2.05, 4.69) is 15.2 Å². The van der Waals surface area contributed by atoms with Crippen molar-refractivity contribution in [2.45, 2.75) is 44.2 Å². The summed E-state index contributed by atoms with van der Waals surface area (Å²) in [5, 5.41) is 3.38. The van der Waals surface area contributed by atoms with Gasteiger partial charge in [0.05, 0.1) is 18.1 Å². The molecule has 7 nitrogen and oxygen atoms in total. The molecule has 3 rings (SSSR count). The first kappa shape index (κ1) is 23.3. The van der Waals surface area contributed by atoms with E-state index < -0.39 is 15.7 Å². The average molecular weight is 452 g/mol. The Labute approximate surface area is 183 Å². The van der Waals surface area contributed by atoms with Gasteiger partial charge in [-0.05, 0) is 56.5 Å². The van der Waals surface area contributed by atoms with E-state index in [0.717, 1.165) is 31.5 Å². The molecule has 31 heavy (non-hydrogen) atoms. The first-order valence-electron chi connectivity index (χ1n) is 10.5. The lowest BCUT2D eigenvalue weighted by Gasteiger charge is -2.32. The first-order chi connectivity index (χ1) is 14.8. The summed E-state index contributed by atoms with van der Waals surface area (Å²) in [5.74, 6) is 0.670. The summed E-state index contributed by atoms with van der Waals surface area (Å²) in [5.41, 5.74) is 0.956. The van der Waals surface area contributed by atoms with Crippen LogP contribution in [0.25, 0.3) is 0 Å². The van der Waals surface area contributed by atoms with Crippen molar-refractivity contribution >= 4 is 15.7 Å². The lowest BCUT2D eigenvalue weighted by molar-refractivity contribution is 0.210. The molecule has 0 amide bonds. The highest BCUT2D eigenvalue weighted by Crippen LogP contribution is 2.30. The summed E-state index contributed by atoms with van der Waals surface area (Å²) in [6, 6.07) is 7.03. The van der Waals surface area contributed by atoms with Gasteiger partial charge < -0.3 is 14.8 Å². The van der Waals surface area contributed by atoms with Crippen molar-refractivity contribution in [2.75, 3.05) is 37.9 Å². The lowest BCUT2D eigenvalue weighted by atomic mass is 10.0. The highest BCUT2D eigenvalue weighted by molar-refractivity contribution is 7.90. The third-order valence-corrected chi connectivity index (χ3v) is 6.27. The maximum atomic E-state index is 14.4. The number of aromatic nitrogens is 1. The van der Waals surface area contributed by atoms with Crippen LogP contribution in [-0.2, 0) is 16.4 Å². The summed E-state index contributed by atoms with van der Waals surface area (Å²) in [6.45, 7) is 6.88. The van der Waals surface area contributed by atoms with Gasteiger partial charge in [-0.25, -0.2) is 13.4 Å². The predicted octanol–water partition coefficient (Wildman–Crippen LogP) is 3.50. The maximum absolute atomic E-state index is 14.4. The number of halogens is 1. The van der Waals surface area contributed by atoms with Crippen LogP contribution in [-0.4, -0.2) is 56.9 Å². The number of benzene rings is 1. The van der Waals surface area contributed by atoms with E-state index in [0.29, 0.717) is 25.6 Å². The summed E-state index contributed by atoms with van der Waals surface area (Å²) < 4.78 is 48.4. The molecule has 0 spiro atoms. The lowest BCUT2D eigenvalue weighted by Crippen LogP contribution is -2.38. The molecule has 0 unspecified atom stereocenters. The molecule has 0 bridgehead atoms. The monoisotopic (exact) mass is 451 g/mol. The average Bonchev–Trinajstić information content (AvgIpc) is 2.73. The van der Waals surface area contributed by atoms with Gasteiger partial charge in [0, 0.05) is 38.1 Å². The number of nitrogens with one attached hydrogen (secondary N) is 1. The molecule has 2 heterocycles. The molecule has 0 radical (unpaired) electrons. The van der Waals surface area contributed by atoms with E-state index in [1.54, 1.807) is 24.3 Å². The second-order valence-corrected chi connectivity index (χ2v) is 9.63. The van der Waals surface area contributed by atoms with Crippen molar-refractivity contribution in [3.05, 3.63) is 41.8 Å². The minimum atomic E-state index is -3.24. The van der Waals surface area contributed by atoms with Gasteiger partial charge in [0.15, 0.2) is 21.3 Å². The Morgan fingerprint density at radius 2 is 1.74 bits per heavy atom. The van der Waals surface area contributed by atoms with Crippen LogP contribution >= 0.6 is 0 Å². The summed E-state index contributed by atoms with van der Waals surface area (Å²) in [6.07, 6.45) is 4.40. The summed E-state index contributed by atoms with van der Waals surface area (Å²) in [7, 11) is -3.24. The minimum Gasteiger partial charge on any atom is -0.491 e. The zero-order chi connectivity index (χ0) is 22.4. The van der Waals surface area contributed by atoms with E-state index in [-0.39, 0.29) is 22.4 Å². The molecular weight excluding hydrogens is 421 g/mol. The van der Waals surface area contributed by atoms with Gasteiger partial charge in [0.1, 0.15) is 5.82 Å². The Bertz CT molecular complexity index is 948. The van der Waals surface area contributed by atoms with Crippen molar-refractivity contribution in [1.82, 2.24) is 9.88 Å². The van der Waals surface area contributed by atoms with Crippen LogP contribution in [0, 0.1) is 5.82 Å². The van der Waals surface area contributed by atoms with Gasteiger partial charge in [0.25, 0.3) is 0 Å². The van der Waals surface area contributed by atoms with Crippen molar-refractivity contribution in [3.63, 3.8) is 0 Å². The van der Waals surface area contributed by atoms with Gasteiger partial charge in [-0.3, -0.25) is 4.90 Å². The van der Waals surface area contributed by atoms with Crippen LogP contribution < -0.4 is 14.8 Å². The number of pyridine rings is 1. The third-order valence-electron chi connectivity index (χ3n) is 5.18. The number of likely N-dealkylation sites (tertiary alicyclic amines) is 1. The van der Waals surface area contributed by atoms with Gasteiger partial charge in [-0.1, -0.05) is 0 Å². The largest absolute Gasteiger partial charge is 0.491 e. The number of nitrogens with zero attached hydrogens (tertiary/aromatic N) is 2. The molecule has 1 N–H and O–H groups in total. The number of rotatable bonds is 9. The van der Waals surface area contributed by atoms with Crippen LogP contribution in [0.2, 0.25) is 0 Å². The Morgan fingerprint density at radius 3 is 2.23 bits per heavy atom. The summed E-state index contributed by atoms with van der Waals surface area (Å²) >= 11 is 0. The fourth-order valence-electron chi connectivity index (χ4n) is 3.63. The SMILES string of the molecule is CCOc1cc(CN2CCC(Nc3ccc(S(C)(=O)=O)cn3)CC2)cc(OCC)c1F. The molecule has 1 fully saturated rings. The Balaban J connectivity index is 1.57. The van der Waals surface area contributed by atoms with E-state index in [9.17, 15) is 12.8 Å².